The van der Waals surface area contributed by atoms with Gasteiger partial charge in [0.25, 0.3) is 5.56 Å². The molecule has 1 aliphatic heterocycles. The van der Waals surface area contributed by atoms with Crippen molar-refractivity contribution in [2.45, 2.75) is 39.0 Å². The minimum Gasteiger partial charge on any atom is -0.369 e. The quantitative estimate of drug-likeness (QED) is 0.594. The van der Waals surface area contributed by atoms with E-state index in [1.54, 1.807) is 4.57 Å². The number of hydrogen-bond acceptors (Lipinski definition) is 8. The molecule has 0 bridgehead atoms. The molecule has 4 atom stereocenters. The van der Waals surface area contributed by atoms with Gasteiger partial charge in [-0.15, -0.1) is 0 Å². The molecule has 26 heavy (non-hydrogen) atoms. The number of fused-ring (bicyclic) bond motifs is 1. The van der Waals surface area contributed by atoms with Crippen LogP contribution in [-0.4, -0.2) is 43.7 Å². The second kappa shape index (κ2) is 7.45. The zero-order valence-electron chi connectivity index (χ0n) is 14.5. The highest BCUT2D eigenvalue weighted by molar-refractivity contribution is 7.47. The molecule has 3 rings (SSSR count). The molecular formula is C14H22N5O6P. The minimum atomic E-state index is -4.09. The van der Waals surface area contributed by atoms with Gasteiger partial charge in [0.2, 0.25) is 5.95 Å². The Labute approximate surface area is 149 Å². The van der Waals surface area contributed by atoms with Crippen LogP contribution < -0.4 is 11.3 Å². The van der Waals surface area contributed by atoms with Crippen molar-refractivity contribution in [3.05, 3.63) is 16.7 Å². The average molecular weight is 387 g/mol. The molecule has 0 aromatic carbocycles. The van der Waals surface area contributed by atoms with Crippen LogP contribution in [0, 0.1) is 5.92 Å². The van der Waals surface area contributed by atoms with Crippen LogP contribution in [0.2, 0.25) is 0 Å². The zero-order valence-corrected chi connectivity index (χ0v) is 15.4. The van der Waals surface area contributed by atoms with E-state index in [0.29, 0.717) is 18.5 Å². The van der Waals surface area contributed by atoms with Crippen LogP contribution in [0.15, 0.2) is 11.1 Å². The molecule has 3 heterocycles. The second-order valence-corrected chi connectivity index (χ2v) is 7.69. The Balaban J connectivity index is 1.72. The number of aromatic nitrogens is 4. The number of ether oxygens (including phenoxy) is 1. The van der Waals surface area contributed by atoms with Crippen molar-refractivity contribution in [3.8, 4) is 0 Å². The number of phosphoric acid groups is 1. The zero-order chi connectivity index (χ0) is 18.9. The number of imidazole rings is 1. The lowest BCUT2D eigenvalue weighted by Gasteiger charge is -2.18. The van der Waals surface area contributed by atoms with E-state index < -0.39 is 25.7 Å². The highest BCUT2D eigenvalue weighted by Gasteiger charge is 2.36. The normalized spacial score (nSPS) is 25.6. The molecule has 0 radical (unpaired) electrons. The number of rotatable bonds is 7. The van der Waals surface area contributed by atoms with E-state index in [1.165, 1.54) is 6.33 Å². The van der Waals surface area contributed by atoms with Gasteiger partial charge >= 0.3 is 7.82 Å². The van der Waals surface area contributed by atoms with E-state index in [9.17, 15) is 14.3 Å². The van der Waals surface area contributed by atoms with Gasteiger partial charge in [-0.2, -0.15) is 4.98 Å². The van der Waals surface area contributed by atoms with Crippen molar-refractivity contribution in [2.75, 3.05) is 18.9 Å². The van der Waals surface area contributed by atoms with Gasteiger partial charge in [0, 0.05) is 5.92 Å². The Morgan fingerprint density at radius 2 is 2.31 bits per heavy atom. The minimum absolute atomic E-state index is 0.0101. The predicted molar refractivity (Wildman–Crippen MR) is 92.3 cm³/mol. The number of nitrogens with one attached hydrogen (secondary N) is 1. The van der Waals surface area contributed by atoms with E-state index in [4.69, 9.17) is 19.5 Å². The summed E-state index contributed by atoms with van der Waals surface area (Å²) in [7, 11) is -4.09. The van der Waals surface area contributed by atoms with Gasteiger partial charge < -0.3 is 15.4 Å². The van der Waals surface area contributed by atoms with Crippen molar-refractivity contribution in [1.29, 1.82) is 0 Å². The standard InChI is InChI=1S/C14H22N5O6P/c1-3-4-23-26(21,22)24-6-9-5-8(2)13(25-9)19-7-16-10-11(19)17-14(15)18-12(10)20/h7-9,13H,3-6H2,1-2H3,(H,21,22)(H3,15,17,18,20). The van der Waals surface area contributed by atoms with E-state index in [1.807, 2.05) is 13.8 Å². The number of hydrogen-bond donors (Lipinski definition) is 3. The number of nitrogens with zero attached hydrogens (tertiary/aromatic N) is 3. The summed E-state index contributed by atoms with van der Waals surface area (Å²) in [5.41, 5.74) is 5.67. The summed E-state index contributed by atoms with van der Waals surface area (Å²) in [5.74, 6) is 0.0297. The molecule has 2 aromatic heterocycles. The van der Waals surface area contributed by atoms with Gasteiger partial charge in [-0.25, -0.2) is 9.55 Å². The molecule has 0 aliphatic carbocycles. The summed E-state index contributed by atoms with van der Waals surface area (Å²) < 4.78 is 29.1. The molecule has 4 N–H and O–H groups in total. The maximum atomic E-state index is 11.9. The largest absolute Gasteiger partial charge is 0.472 e. The van der Waals surface area contributed by atoms with Gasteiger partial charge in [-0.3, -0.25) is 23.4 Å². The molecule has 12 heteroatoms. The fraction of sp³-hybridized carbons (Fsp3) is 0.643. The lowest BCUT2D eigenvalue weighted by atomic mass is 10.1. The van der Waals surface area contributed by atoms with Crippen LogP contribution in [0.5, 0.6) is 0 Å². The van der Waals surface area contributed by atoms with E-state index in [2.05, 4.69) is 15.0 Å². The van der Waals surface area contributed by atoms with Gasteiger partial charge in [0.05, 0.1) is 25.6 Å². The van der Waals surface area contributed by atoms with Crippen LogP contribution in [0.25, 0.3) is 11.2 Å². The van der Waals surface area contributed by atoms with Crippen LogP contribution in [-0.2, 0) is 18.3 Å². The molecule has 0 saturated carbocycles. The topological polar surface area (TPSA) is 155 Å². The molecule has 4 unspecified atom stereocenters. The fourth-order valence-corrected chi connectivity index (χ4v) is 3.76. The van der Waals surface area contributed by atoms with Crippen molar-refractivity contribution in [1.82, 2.24) is 19.5 Å². The first-order chi connectivity index (χ1) is 12.3. The summed E-state index contributed by atoms with van der Waals surface area (Å²) in [6.45, 7) is 3.84. The summed E-state index contributed by atoms with van der Waals surface area (Å²) in [6, 6.07) is 0. The number of nitrogen functional groups attached to an aromatic ring is 1. The van der Waals surface area contributed by atoms with Crippen LogP contribution in [0.3, 0.4) is 0 Å². The molecule has 1 saturated heterocycles. The van der Waals surface area contributed by atoms with Gasteiger partial charge in [0.1, 0.15) is 6.23 Å². The third-order valence-electron chi connectivity index (χ3n) is 4.06. The third-order valence-corrected chi connectivity index (χ3v) is 5.04. The van der Waals surface area contributed by atoms with E-state index >= 15 is 0 Å². The summed E-state index contributed by atoms with van der Waals surface area (Å²) in [5, 5.41) is 0. The lowest BCUT2D eigenvalue weighted by molar-refractivity contribution is -0.0305. The Morgan fingerprint density at radius 3 is 3.04 bits per heavy atom. The van der Waals surface area contributed by atoms with E-state index in [-0.39, 0.29) is 30.6 Å². The summed E-state index contributed by atoms with van der Waals surface area (Å²) in [6.07, 6.45) is 1.82. The van der Waals surface area contributed by atoms with Crippen molar-refractivity contribution >= 4 is 24.9 Å². The molecular weight excluding hydrogens is 365 g/mol. The highest BCUT2D eigenvalue weighted by Crippen LogP contribution is 2.45. The van der Waals surface area contributed by atoms with Gasteiger partial charge in [0.15, 0.2) is 11.2 Å². The monoisotopic (exact) mass is 387 g/mol. The van der Waals surface area contributed by atoms with Crippen molar-refractivity contribution in [2.24, 2.45) is 5.92 Å². The molecule has 1 aliphatic rings. The Bertz CT molecular complexity index is 882. The molecule has 11 nitrogen and oxygen atoms in total. The van der Waals surface area contributed by atoms with Gasteiger partial charge in [-0.1, -0.05) is 13.8 Å². The Kier molecular flexibility index (Phi) is 5.44. The number of H-pyrrole nitrogens is 1. The fourth-order valence-electron chi connectivity index (χ4n) is 2.92. The van der Waals surface area contributed by atoms with Crippen molar-refractivity contribution < 1.29 is 23.2 Å². The first-order valence-electron chi connectivity index (χ1n) is 8.30. The molecule has 0 spiro atoms. The van der Waals surface area contributed by atoms with Crippen molar-refractivity contribution in [3.63, 3.8) is 0 Å². The van der Waals surface area contributed by atoms with E-state index in [0.717, 1.165) is 0 Å². The first-order valence-corrected chi connectivity index (χ1v) is 9.80. The number of anilines is 1. The molecule has 144 valence electrons. The molecule has 0 amide bonds. The number of nitrogens with two attached hydrogens (primary N) is 1. The first kappa shape index (κ1) is 19.0. The average Bonchev–Trinajstić information content (AvgIpc) is 3.14. The third kappa shape index (κ3) is 3.97. The van der Waals surface area contributed by atoms with Crippen LogP contribution >= 0.6 is 7.82 Å². The lowest BCUT2D eigenvalue weighted by Crippen LogP contribution is -2.18. The maximum absolute atomic E-state index is 11.9. The maximum Gasteiger partial charge on any atom is 0.472 e. The van der Waals surface area contributed by atoms with Crippen LogP contribution in [0.4, 0.5) is 5.95 Å². The second-order valence-electron chi connectivity index (χ2n) is 6.23. The highest BCUT2D eigenvalue weighted by atomic mass is 31.2. The SMILES string of the molecule is CCCOP(=O)(O)OCC1CC(C)C(n2cnc3c(=O)[nH]c(N)nc32)O1. The summed E-state index contributed by atoms with van der Waals surface area (Å²) in [4.78, 5) is 32.1. The predicted octanol–water partition coefficient (Wildman–Crippen LogP) is 1.17. The molecule has 1 fully saturated rings. The number of phosphoric ester groups is 1. The Morgan fingerprint density at radius 1 is 1.54 bits per heavy atom. The molecule has 2 aromatic rings. The number of aromatic amines is 1. The Hall–Kier alpha value is -1.78. The van der Waals surface area contributed by atoms with Crippen LogP contribution in [0.1, 0.15) is 32.9 Å². The summed E-state index contributed by atoms with van der Waals surface area (Å²) >= 11 is 0. The smallest absolute Gasteiger partial charge is 0.369 e. The van der Waals surface area contributed by atoms with Gasteiger partial charge in [-0.05, 0) is 12.8 Å².